The summed E-state index contributed by atoms with van der Waals surface area (Å²) in [7, 11) is 6.66. The van der Waals surface area contributed by atoms with Crippen LogP contribution in [0.2, 0.25) is 0 Å². The number of benzene rings is 1. The van der Waals surface area contributed by atoms with E-state index in [0.717, 1.165) is 11.1 Å². The van der Waals surface area contributed by atoms with Gasteiger partial charge in [-0.3, -0.25) is 9.67 Å². The number of ether oxygens (including phenoxy) is 2. The molecule has 0 amide bonds. The molecule has 5 aromatic rings. The monoisotopic (exact) mass is 475 g/mol. The highest BCUT2D eigenvalue weighted by atomic mass is 19.1. The zero-order valence-electron chi connectivity index (χ0n) is 19.7. The van der Waals surface area contributed by atoms with E-state index in [9.17, 15) is 0 Å². The van der Waals surface area contributed by atoms with Crippen molar-refractivity contribution >= 4 is 22.7 Å². The van der Waals surface area contributed by atoms with Gasteiger partial charge in [0, 0.05) is 30.9 Å². The molecule has 0 aliphatic carbocycles. The molecule has 0 radical (unpaired) electrons. The van der Waals surface area contributed by atoms with Gasteiger partial charge < -0.3 is 14.4 Å². The summed E-state index contributed by atoms with van der Waals surface area (Å²) in [5.41, 5.74) is 3.74. The predicted molar refractivity (Wildman–Crippen MR) is 127 cm³/mol. The summed E-state index contributed by atoms with van der Waals surface area (Å²) in [6, 6.07) is 6.72. The maximum absolute atomic E-state index is 15.5. The molecule has 4 heterocycles. The third kappa shape index (κ3) is 4.35. The summed E-state index contributed by atoms with van der Waals surface area (Å²) in [5.74, 6) is 0.483. The topological polar surface area (TPSA) is 97.9 Å². The number of rotatable bonds is 7. The molecule has 0 fully saturated rings. The molecule has 10 nitrogen and oxygen atoms in total. The summed E-state index contributed by atoms with van der Waals surface area (Å²) in [6.45, 7) is 0.306. The molecule has 0 saturated heterocycles. The number of halogens is 1. The van der Waals surface area contributed by atoms with Crippen molar-refractivity contribution in [1.82, 2.24) is 29.8 Å². The van der Waals surface area contributed by atoms with E-state index >= 15 is 4.39 Å². The Morgan fingerprint density at radius 1 is 1.14 bits per heavy atom. The molecule has 0 aliphatic rings. The molecule has 11 heteroatoms. The van der Waals surface area contributed by atoms with E-state index in [2.05, 4.69) is 15.2 Å². The Labute approximate surface area is 200 Å². The SMILES string of the molecule is COc1cc(OC)c(F)c(N(Cc2cnn(C)c2)c2ccc3ncc(-c4c[nH][n+](C)c4)nc3n2)c1. The van der Waals surface area contributed by atoms with Crippen molar-refractivity contribution < 1.29 is 18.5 Å². The first-order valence-corrected chi connectivity index (χ1v) is 10.8. The van der Waals surface area contributed by atoms with Gasteiger partial charge in [0.1, 0.15) is 17.1 Å². The summed E-state index contributed by atoms with van der Waals surface area (Å²) in [6.07, 6.45) is 9.05. The van der Waals surface area contributed by atoms with Crippen molar-refractivity contribution in [3.8, 4) is 22.8 Å². The van der Waals surface area contributed by atoms with Crippen LogP contribution >= 0.6 is 0 Å². The fraction of sp³-hybridized carbons (Fsp3) is 0.208. The lowest BCUT2D eigenvalue weighted by Gasteiger charge is -2.25. The minimum atomic E-state index is -0.529. The average molecular weight is 476 g/mol. The quantitative estimate of drug-likeness (QED) is 0.361. The number of nitrogens with one attached hydrogen (secondary N) is 1. The van der Waals surface area contributed by atoms with Gasteiger partial charge in [0.25, 0.3) is 0 Å². The lowest BCUT2D eigenvalue weighted by molar-refractivity contribution is -0.726. The number of aromatic nitrogens is 7. The standard InChI is InChI=1S/C24H23FN8O2/c1-31-12-15(9-27-31)13-33(20-7-17(34-3)8-21(35-4)23(20)25)22-6-5-18-24(30-22)29-19(11-26-18)16-10-28-32(2)14-16/h5-12,14H,13H2,1-4H3/p+1. The van der Waals surface area contributed by atoms with E-state index in [1.807, 2.05) is 43.4 Å². The highest BCUT2D eigenvalue weighted by Gasteiger charge is 2.22. The average Bonchev–Trinajstić information content (AvgIpc) is 3.50. The van der Waals surface area contributed by atoms with Gasteiger partial charge in [0.15, 0.2) is 24.3 Å². The van der Waals surface area contributed by atoms with E-state index in [0.29, 0.717) is 35.0 Å². The summed E-state index contributed by atoms with van der Waals surface area (Å²) in [4.78, 5) is 15.7. The van der Waals surface area contributed by atoms with Crippen LogP contribution in [0.3, 0.4) is 0 Å². The van der Waals surface area contributed by atoms with Crippen LogP contribution in [0.4, 0.5) is 15.9 Å². The number of nitrogens with zero attached hydrogens (tertiary/aromatic N) is 7. The molecule has 1 aromatic carbocycles. The molecule has 1 N–H and O–H groups in total. The minimum Gasteiger partial charge on any atom is -0.497 e. The third-order valence-electron chi connectivity index (χ3n) is 5.56. The number of hydrogen-bond acceptors (Lipinski definition) is 7. The molecule has 0 aliphatic heterocycles. The Morgan fingerprint density at radius 3 is 2.69 bits per heavy atom. The number of aromatic amines is 1. The number of aryl methyl sites for hydroxylation is 2. The lowest BCUT2D eigenvalue weighted by atomic mass is 10.2. The van der Waals surface area contributed by atoms with Gasteiger partial charge in [0.2, 0.25) is 6.20 Å². The molecule has 0 bridgehead atoms. The zero-order valence-corrected chi connectivity index (χ0v) is 19.7. The Hall–Kier alpha value is -4.54. The van der Waals surface area contributed by atoms with Crippen molar-refractivity contribution in [1.29, 1.82) is 0 Å². The number of methoxy groups -OCH3 is 2. The van der Waals surface area contributed by atoms with E-state index in [1.54, 1.807) is 34.1 Å². The summed E-state index contributed by atoms with van der Waals surface area (Å²) in [5, 5.41) is 7.31. The maximum Gasteiger partial charge on any atom is 0.204 e. The van der Waals surface area contributed by atoms with Crippen LogP contribution in [-0.4, -0.2) is 44.1 Å². The first-order chi connectivity index (χ1) is 16.9. The minimum absolute atomic E-state index is 0.0683. The van der Waals surface area contributed by atoms with Crippen molar-refractivity contribution in [2.24, 2.45) is 14.1 Å². The van der Waals surface area contributed by atoms with Crippen LogP contribution in [-0.2, 0) is 20.6 Å². The second-order valence-electron chi connectivity index (χ2n) is 8.01. The molecule has 5 rings (SSSR count). The normalized spacial score (nSPS) is 11.1. The van der Waals surface area contributed by atoms with E-state index in [4.69, 9.17) is 19.4 Å². The first-order valence-electron chi connectivity index (χ1n) is 10.8. The second-order valence-corrected chi connectivity index (χ2v) is 8.01. The molecular weight excluding hydrogens is 451 g/mol. The molecule has 35 heavy (non-hydrogen) atoms. The second kappa shape index (κ2) is 9.01. The van der Waals surface area contributed by atoms with Gasteiger partial charge in [-0.15, -0.1) is 4.68 Å². The lowest BCUT2D eigenvalue weighted by Crippen LogP contribution is -2.27. The van der Waals surface area contributed by atoms with Gasteiger partial charge >= 0.3 is 0 Å². The van der Waals surface area contributed by atoms with Gasteiger partial charge in [-0.05, 0) is 12.1 Å². The molecule has 0 unspecified atom stereocenters. The molecule has 0 spiro atoms. The Kier molecular flexibility index (Phi) is 5.73. The molecule has 4 aromatic heterocycles. The number of H-pyrrole nitrogens is 1. The van der Waals surface area contributed by atoms with E-state index in [-0.39, 0.29) is 11.4 Å². The fourth-order valence-electron chi connectivity index (χ4n) is 3.82. The third-order valence-corrected chi connectivity index (χ3v) is 5.56. The molecule has 0 saturated carbocycles. The van der Waals surface area contributed by atoms with Crippen LogP contribution in [0.1, 0.15) is 5.56 Å². The van der Waals surface area contributed by atoms with Crippen molar-refractivity contribution in [2.45, 2.75) is 6.54 Å². The number of fused-ring (bicyclic) bond motifs is 1. The highest BCUT2D eigenvalue weighted by molar-refractivity contribution is 5.77. The van der Waals surface area contributed by atoms with Crippen LogP contribution in [0.15, 0.2) is 55.2 Å². The van der Waals surface area contributed by atoms with Gasteiger partial charge in [-0.25, -0.2) is 14.4 Å². The Morgan fingerprint density at radius 2 is 2.00 bits per heavy atom. The number of anilines is 2. The zero-order chi connectivity index (χ0) is 24.5. The van der Waals surface area contributed by atoms with Crippen molar-refractivity contribution in [3.63, 3.8) is 0 Å². The summed E-state index contributed by atoms with van der Waals surface area (Å²) < 4.78 is 29.7. The van der Waals surface area contributed by atoms with Crippen LogP contribution in [0.25, 0.3) is 22.4 Å². The number of hydrogen-bond donors (Lipinski definition) is 1. The predicted octanol–water partition coefficient (Wildman–Crippen LogP) is 3.07. The van der Waals surface area contributed by atoms with Crippen LogP contribution in [0, 0.1) is 5.82 Å². The van der Waals surface area contributed by atoms with Gasteiger partial charge in [-0.1, -0.05) is 0 Å². The first kappa shape index (κ1) is 22.3. The summed E-state index contributed by atoms with van der Waals surface area (Å²) >= 11 is 0. The van der Waals surface area contributed by atoms with E-state index < -0.39 is 5.82 Å². The molecule has 0 atom stereocenters. The Balaban J connectivity index is 1.65. The fourth-order valence-corrected chi connectivity index (χ4v) is 3.82. The number of pyridine rings is 1. The van der Waals surface area contributed by atoms with Gasteiger partial charge in [-0.2, -0.15) is 10.2 Å². The smallest absolute Gasteiger partial charge is 0.204 e. The molecule has 178 valence electrons. The Bertz CT molecular complexity index is 1510. The highest BCUT2D eigenvalue weighted by Crippen LogP contribution is 2.37. The molecular formula is C24H24FN8O2+. The van der Waals surface area contributed by atoms with Crippen molar-refractivity contribution in [3.05, 3.63) is 66.6 Å². The van der Waals surface area contributed by atoms with Crippen LogP contribution < -0.4 is 19.1 Å². The van der Waals surface area contributed by atoms with Crippen LogP contribution in [0.5, 0.6) is 11.5 Å². The largest absolute Gasteiger partial charge is 0.497 e. The van der Waals surface area contributed by atoms with E-state index in [1.165, 1.54) is 20.3 Å². The maximum atomic E-state index is 15.5. The van der Waals surface area contributed by atoms with Gasteiger partial charge in [0.05, 0.1) is 56.3 Å². The van der Waals surface area contributed by atoms with Crippen molar-refractivity contribution in [2.75, 3.05) is 19.1 Å².